The summed E-state index contributed by atoms with van der Waals surface area (Å²) in [4.78, 5) is 30.0. The average Bonchev–Trinajstić information content (AvgIpc) is 2.99. The molecule has 0 fully saturated rings. The van der Waals surface area contributed by atoms with E-state index < -0.39 is 33.9 Å². The lowest BCUT2D eigenvalue weighted by Crippen LogP contribution is -2.48. The van der Waals surface area contributed by atoms with Gasteiger partial charge in [0.25, 0.3) is 5.91 Å². The van der Waals surface area contributed by atoms with Crippen LogP contribution in [0.4, 0.5) is 5.69 Å². The first kappa shape index (κ1) is 33.5. The van der Waals surface area contributed by atoms with E-state index in [1.165, 1.54) is 59.2 Å². The number of carbonyl (C=O) groups is 2. The first-order chi connectivity index (χ1) is 20.5. The number of benzene rings is 2. The van der Waals surface area contributed by atoms with Crippen LogP contribution in [0.2, 0.25) is 0 Å². The number of pyridine rings is 1. The van der Waals surface area contributed by atoms with E-state index in [0.717, 1.165) is 0 Å². The Morgan fingerprint density at radius 2 is 1.67 bits per heavy atom. The number of rotatable bonds is 16. The summed E-state index contributed by atoms with van der Waals surface area (Å²) < 4.78 is 28.3. The number of para-hydroxylation sites is 1. The Kier molecular flexibility index (Phi) is 12.5. The van der Waals surface area contributed by atoms with Crippen molar-refractivity contribution in [1.82, 2.24) is 19.9 Å². The number of anilines is 1. The van der Waals surface area contributed by atoms with Gasteiger partial charge in [-0.2, -0.15) is 4.31 Å². The molecule has 0 saturated heterocycles. The molecule has 0 saturated carbocycles. The van der Waals surface area contributed by atoms with Gasteiger partial charge in [0.05, 0.1) is 11.5 Å². The maximum atomic E-state index is 13.5. The van der Waals surface area contributed by atoms with Crippen LogP contribution in [0.5, 0.6) is 5.75 Å². The van der Waals surface area contributed by atoms with Gasteiger partial charge >= 0.3 is 0 Å². The van der Waals surface area contributed by atoms with Crippen molar-refractivity contribution in [3.8, 4) is 5.75 Å². The first-order valence-corrected chi connectivity index (χ1v) is 15.7. The van der Waals surface area contributed by atoms with Crippen molar-refractivity contribution in [2.24, 2.45) is 5.92 Å². The number of nitrogens with zero attached hydrogens (tertiary/aromatic N) is 2. The van der Waals surface area contributed by atoms with Crippen molar-refractivity contribution in [2.45, 2.75) is 56.5 Å². The minimum Gasteiger partial charge on any atom is -0.508 e. The second kappa shape index (κ2) is 16.0. The summed E-state index contributed by atoms with van der Waals surface area (Å²) in [5, 5.41) is 26.0. The van der Waals surface area contributed by atoms with Crippen molar-refractivity contribution >= 4 is 27.5 Å². The number of nitrogens with one attached hydrogen (secondary N) is 2. The zero-order valence-electron chi connectivity index (χ0n) is 24.5. The predicted molar refractivity (Wildman–Crippen MR) is 165 cm³/mol. The summed E-state index contributed by atoms with van der Waals surface area (Å²) in [6, 6.07) is 14.1. The van der Waals surface area contributed by atoms with Gasteiger partial charge in [-0.15, -0.1) is 0 Å². The van der Waals surface area contributed by atoms with Crippen LogP contribution in [0.1, 0.15) is 49.0 Å². The fraction of sp³-hybridized carbons (Fsp3) is 0.387. The van der Waals surface area contributed by atoms with Gasteiger partial charge in [-0.3, -0.25) is 14.6 Å². The van der Waals surface area contributed by atoms with Crippen molar-refractivity contribution in [1.29, 1.82) is 0 Å². The number of phenolic OH excluding ortho intramolecular Hbond substituents is 1. The number of hydrogen-bond acceptors (Lipinski definition) is 8. The normalized spacial score (nSPS) is 13.0. The summed E-state index contributed by atoms with van der Waals surface area (Å²) in [6.45, 7) is 3.98. The number of phenols is 1. The molecule has 2 amide bonds. The topological polar surface area (TPSA) is 175 Å². The predicted octanol–water partition coefficient (Wildman–Crippen LogP) is 2.70. The molecular formula is C31H41N5O6S. The second-order valence-corrected chi connectivity index (χ2v) is 12.6. The molecule has 11 nitrogen and oxygen atoms in total. The van der Waals surface area contributed by atoms with Gasteiger partial charge in [0.2, 0.25) is 15.9 Å². The fourth-order valence-electron chi connectivity index (χ4n) is 4.60. The number of hydrogen-bond donors (Lipinski definition) is 5. The molecule has 43 heavy (non-hydrogen) atoms. The Bertz CT molecular complexity index is 1430. The Hall–Kier alpha value is -4.00. The molecule has 3 aromatic rings. The van der Waals surface area contributed by atoms with E-state index in [0.29, 0.717) is 36.1 Å². The molecule has 1 aromatic heterocycles. The van der Waals surface area contributed by atoms with E-state index in [4.69, 9.17) is 5.73 Å². The number of nitrogens with two attached hydrogens (primary N) is 1. The van der Waals surface area contributed by atoms with Crippen molar-refractivity contribution < 1.29 is 28.2 Å². The summed E-state index contributed by atoms with van der Waals surface area (Å²) in [7, 11) is -3.88. The van der Waals surface area contributed by atoms with Crippen molar-refractivity contribution in [2.75, 3.05) is 25.4 Å². The van der Waals surface area contributed by atoms with E-state index >= 15 is 0 Å². The molecule has 0 aliphatic carbocycles. The molecule has 0 bridgehead atoms. The summed E-state index contributed by atoms with van der Waals surface area (Å²) in [6.07, 6.45) is 4.47. The standard InChI is InChI=1S/C31H41N5O6S/c1-22(2)20-36(43(41,42)27-12-10-25(32)11-13-27)26(21-37)8-5-6-16-34-31(40)28(19-24-7-3-4-9-29(24)38)35-30(39)23-14-17-33-18-15-23/h3-4,7,9-15,17-18,22,26,28,37-38H,5-6,8,16,19-21,32H2,1-2H3,(H,34,40)(H,35,39)/t26-,28-/m0/s1. The molecule has 0 unspecified atom stereocenters. The number of aromatic hydroxyl groups is 1. The van der Waals surface area contributed by atoms with Crippen LogP contribution < -0.4 is 16.4 Å². The van der Waals surface area contributed by atoms with Crippen LogP contribution in [0, 0.1) is 5.92 Å². The van der Waals surface area contributed by atoms with Crippen molar-refractivity contribution in [3.63, 3.8) is 0 Å². The molecular weight excluding hydrogens is 570 g/mol. The van der Waals surface area contributed by atoms with Crippen LogP contribution >= 0.6 is 0 Å². The number of carbonyl (C=O) groups excluding carboxylic acids is 2. The number of amides is 2. The first-order valence-electron chi connectivity index (χ1n) is 14.3. The zero-order chi connectivity index (χ0) is 31.4. The largest absolute Gasteiger partial charge is 0.508 e. The van der Waals surface area contributed by atoms with Gasteiger partial charge in [-0.1, -0.05) is 38.5 Å². The third-order valence-corrected chi connectivity index (χ3v) is 8.83. The quantitative estimate of drug-likeness (QED) is 0.121. The smallest absolute Gasteiger partial charge is 0.252 e. The van der Waals surface area contributed by atoms with Gasteiger partial charge in [-0.05, 0) is 66.8 Å². The number of aliphatic hydroxyl groups excluding tert-OH is 1. The minimum absolute atomic E-state index is 0.0216. The van der Waals surface area contributed by atoms with Gasteiger partial charge in [0.15, 0.2) is 0 Å². The maximum absolute atomic E-state index is 13.5. The molecule has 232 valence electrons. The molecule has 3 rings (SSSR count). The third kappa shape index (κ3) is 9.77. The lowest BCUT2D eigenvalue weighted by Gasteiger charge is -2.31. The Morgan fingerprint density at radius 1 is 1.00 bits per heavy atom. The van der Waals surface area contributed by atoms with E-state index in [9.17, 15) is 28.2 Å². The molecule has 2 aromatic carbocycles. The molecule has 12 heteroatoms. The van der Waals surface area contributed by atoms with E-state index in [1.807, 2.05) is 13.8 Å². The van der Waals surface area contributed by atoms with Crippen LogP contribution in [0.3, 0.4) is 0 Å². The van der Waals surface area contributed by atoms with Gasteiger partial charge < -0.3 is 26.6 Å². The van der Waals surface area contributed by atoms with E-state index in [-0.39, 0.29) is 42.7 Å². The fourth-order valence-corrected chi connectivity index (χ4v) is 6.41. The lowest BCUT2D eigenvalue weighted by molar-refractivity contribution is -0.122. The SMILES string of the molecule is CC(C)CN([C@H](CO)CCCCNC(=O)[C@H](Cc1ccccc1O)NC(=O)c1ccncc1)S(=O)(=O)c1ccc(N)cc1. The van der Waals surface area contributed by atoms with Gasteiger partial charge in [0, 0.05) is 49.2 Å². The molecule has 0 spiro atoms. The maximum Gasteiger partial charge on any atom is 0.252 e. The minimum atomic E-state index is -3.88. The van der Waals surface area contributed by atoms with E-state index in [1.54, 1.807) is 18.2 Å². The molecule has 2 atom stereocenters. The lowest BCUT2D eigenvalue weighted by atomic mass is 10.0. The number of nitrogen functional groups attached to an aromatic ring is 1. The highest BCUT2D eigenvalue weighted by molar-refractivity contribution is 7.89. The third-order valence-electron chi connectivity index (χ3n) is 6.89. The van der Waals surface area contributed by atoms with E-state index in [2.05, 4.69) is 15.6 Å². The van der Waals surface area contributed by atoms with Gasteiger partial charge in [-0.25, -0.2) is 8.42 Å². The number of aliphatic hydroxyl groups is 1. The molecule has 0 aliphatic rings. The highest BCUT2D eigenvalue weighted by Crippen LogP contribution is 2.23. The Labute approximate surface area is 253 Å². The van der Waals surface area contributed by atoms with Crippen LogP contribution in [-0.2, 0) is 21.2 Å². The Balaban J connectivity index is 1.62. The molecule has 1 heterocycles. The summed E-state index contributed by atoms with van der Waals surface area (Å²) in [5.41, 5.74) is 7.04. The molecule has 0 aliphatic heterocycles. The van der Waals surface area contributed by atoms with Crippen LogP contribution in [0.15, 0.2) is 78.0 Å². The van der Waals surface area contributed by atoms with Gasteiger partial charge in [0.1, 0.15) is 11.8 Å². The van der Waals surface area contributed by atoms with Crippen LogP contribution in [-0.4, -0.2) is 71.5 Å². The highest BCUT2D eigenvalue weighted by Gasteiger charge is 2.31. The number of unbranched alkanes of at least 4 members (excludes halogenated alkanes) is 1. The molecule has 6 N–H and O–H groups in total. The number of aromatic nitrogens is 1. The second-order valence-electron chi connectivity index (χ2n) is 10.8. The molecule has 0 radical (unpaired) electrons. The summed E-state index contributed by atoms with van der Waals surface area (Å²) >= 11 is 0. The highest BCUT2D eigenvalue weighted by atomic mass is 32.2. The zero-order valence-corrected chi connectivity index (χ0v) is 25.3. The summed E-state index contributed by atoms with van der Waals surface area (Å²) in [5.74, 6) is -0.818. The Morgan fingerprint density at radius 3 is 2.30 bits per heavy atom. The number of sulfonamides is 1. The van der Waals surface area contributed by atoms with Crippen LogP contribution in [0.25, 0.3) is 0 Å². The average molecular weight is 612 g/mol. The monoisotopic (exact) mass is 611 g/mol. The van der Waals surface area contributed by atoms with Crippen molar-refractivity contribution in [3.05, 3.63) is 84.2 Å².